The Morgan fingerprint density at radius 1 is 1.00 bits per heavy atom. The lowest BCUT2D eigenvalue weighted by Gasteiger charge is -2.15. The molecule has 0 aliphatic rings. The van der Waals surface area contributed by atoms with E-state index in [1.165, 1.54) is 12.1 Å². The van der Waals surface area contributed by atoms with E-state index in [4.69, 9.17) is 28.9 Å². The molecular weight excluding hydrogens is 322 g/mol. The van der Waals surface area contributed by atoms with E-state index in [9.17, 15) is 13.2 Å². The van der Waals surface area contributed by atoms with Crippen LogP contribution in [0.2, 0.25) is 10.0 Å². The highest BCUT2D eigenvalue weighted by Gasteiger charge is 2.30. The molecule has 0 saturated carbocycles. The summed E-state index contributed by atoms with van der Waals surface area (Å²) in [6.07, 6.45) is -3.95. The number of rotatable bonds is 3. The molecule has 1 atom stereocenters. The Bertz CT molecular complexity index is 624. The summed E-state index contributed by atoms with van der Waals surface area (Å²) in [7, 11) is 0. The van der Waals surface area contributed by atoms with Gasteiger partial charge in [-0.25, -0.2) is 0 Å². The van der Waals surface area contributed by atoms with E-state index in [2.05, 4.69) is 0 Å². The van der Waals surface area contributed by atoms with Crippen LogP contribution in [0.25, 0.3) is 0 Å². The van der Waals surface area contributed by atoms with Crippen molar-refractivity contribution >= 4 is 23.2 Å². The van der Waals surface area contributed by atoms with Crippen molar-refractivity contribution in [3.05, 3.63) is 69.2 Å². The van der Waals surface area contributed by atoms with Crippen LogP contribution in [0.5, 0.6) is 0 Å². The van der Waals surface area contributed by atoms with Gasteiger partial charge in [-0.05, 0) is 47.9 Å². The monoisotopic (exact) mass is 333 g/mol. The van der Waals surface area contributed by atoms with E-state index in [1.54, 1.807) is 18.2 Å². The fourth-order valence-corrected chi connectivity index (χ4v) is 2.36. The van der Waals surface area contributed by atoms with E-state index in [0.717, 1.165) is 17.7 Å². The largest absolute Gasteiger partial charge is 0.416 e. The molecule has 0 heterocycles. The van der Waals surface area contributed by atoms with Gasteiger partial charge in [0.15, 0.2) is 0 Å². The van der Waals surface area contributed by atoms with Crippen LogP contribution in [0.15, 0.2) is 42.5 Å². The van der Waals surface area contributed by atoms with Crippen molar-refractivity contribution < 1.29 is 13.2 Å². The van der Waals surface area contributed by atoms with Gasteiger partial charge in [0.05, 0.1) is 5.56 Å². The molecule has 0 aliphatic heterocycles. The van der Waals surface area contributed by atoms with Gasteiger partial charge in [0.1, 0.15) is 0 Å². The zero-order chi connectivity index (χ0) is 15.6. The average molecular weight is 334 g/mol. The third kappa shape index (κ3) is 4.13. The molecule has 1 unspecified atom stereocenters. The van der Waals surface area contributed by atoms with Crippen LogP contribution in [0.4, 0.5) is 13.2 Å². The molecule has 2 N–H and O–H groups in total. The van der Waals surface area contributed by atoms with Crippen LogP contribution in [0.3, 0.4) is 0 Å². The first kappa shape index (κ1) is 16.1. The summed E-state index contributed by atoms with van der Waals surface area (Å²) in [5.41, 5.74) is 6.70. The highest BCUT2D eigenvalue weighted by molar-refractivity contribution is 6.33. The molecular formula is C15H12Cl2F3N. The van der Waals surface area contributed by atoms with Gasteiger partial charge in [0.2, 0.25) is 0 Å². The second-order valence-corrected chi connectivity index (χ2v) is 5.51. The van der Waals surface area contributed by atoms with Crippen LogP contribution in [-0.2, 0) is 12.6 Å². The maximum atomic E-state index is 12.5. The maximum Gasteiger partial charge on any atom is 0.416 e. The Kier molecular flexibility index (Phi) is 4.81. The minimum atomic E-state index is -4.35. The summed E-state index contributed by atoms with van der Waals surface area (Å²) >= 11 is 11.9. The minimum absolute atomic E-state index is 0.394. The molecule has 2 aromatic carbocycles. The zero-order valence-corrected chi connectivity index (χ0v) is 12.3. The normalized spacial score (nSPS) is 13.2. The first-order valence-corrected chi connectivity index (χ1v) is 6.89. The molecule has 0 fully saturated rings. The Morgan fingerprint density at radius 2 is 1.62 bits per heavy atom. The Hall–Kier alpha value is -1.23. The Morgan fingerprint density at radius 3 is 2.19 bits per heavy atom. The second-order valence-electron chi connectivity index (χ2n) is 4.67. The standard InChI is InChI=1S/C15H12Cl2F3N/c16-12-5-6-13(17)10(7-12)8-14(21)9-1-3-11(4-2-9)15(18,19)20/h1-7,14H,8,21H2. The Balaban J connectivity index is 2.17. The summed E-state index contributed by atoms with van der Waals surface area (Å²) in [4.78, 5) is 0. The van der Waals surface area contributed by atoms with E-state index >= 15 is 0 Å². The van der Waals surface area contributed by atoms with Gasteiger partial charge in [-0.15, -0.1) is 0 Å². The number of hydrogen-bond donors (Lipinski definition) is 1. The van der Waals surface area contributed by atoms with Crippen LogP contribution >= 0.6 is 23.2 Å². The summed E-state index contributed by atoms with van der Waals surface area (Å²) in [6, 6.07) is 9.38. The summed E-state index contributed by atoms with van der Waals surface area (Å²) < 4.78 is 37.5. The third-order valence-electron chi connectivity index (χ3n) is 3.11. The van der Waals surface area contributed by atoms with Crippen molar-refractivity contribution in [2.75, 3.05) is 0 Å². The van der Waals surface area contributed by atoms with Crippen molar-refractivity contribution in [1.82, 2.24) is 0 Å². The Labute approximate surface area is 130 Å². The lowest BCUT2D eigenvalue weighted by Crippen LogP contribution is -2.14. The van der Waals surface area contributed by atoms with E-state index in [1.807, 2.05) is 0 Å². The van der Waals surface area contributed by atoms with Crippen LogP contribution < -0.4 is 5.73 Å². The van der Waals surface area contributed by atoms with Crippen molar-refractivity contribution in [1.29, 1.82) is 0 Å². The predicted molar refractivity (Wildman–Crippen MR) is 78.5 cm³/mol. The zero-order valence-electron chi connectivity index (χ0n) is 10.8. The second kappa shape index (κ2) is 6.26. The number of halogens is 5. The van der Waals surface area contributed by atoms with Crippen LogP contribution in [0.1, 0.15) is 22.7 Å². The van der Waals surface area contributed by atoms with Crippen molar-refractivity contribution in [2.45, 2.75) is 18.6 Å². The highest BCUT2D eigenvalue weighted by Crippen LogP contribution is 2.30. The first-order chi connectivity index (χ1) is 9.77. The highest BCUT2D eigenvalue weighted by atomic mass is 35.5. The average Bonchev–Trinajstić information content (AvgIpc) is 2.42. The summed E-state index contributed by atoms with van der Waals surface area (Å²) in [6.45, 7) is 0. The molecule has 0 bridgehead atoms. The molecule has 0 aliphatic carbocycles. The van der Waals surface area contributed by atoms with E-state index in [-0.39, 0.29) is 0 Å². The summed E-state index contributed by atoms with van der Waals surface area (Å²) in [5, 5.41) is 1.07. The third-order valence-corrected chi connectivity index (χ3v) is 3.72. The van der Waals surface area contributed by atoms with Gasteiger partial charge >= 0.3 is 6.18 Å². The molecule has 2 rings (SSSR count). The van der Waals surface area contributed by atoms with Gasteiger partial charge in [-0.3, -0.25) is 0 Å². The number of hydrogen-bond acceptors (Lipinski definition) is 1. The van der Waals surface area contributed by atoms with Crippen molar-refractivity contribution in [3.63, 3.8) is 0 Å². The minimum Gasteiger partial charge on any atom is -0.324 e. The summed E-state index contributed by atoms with van der Waals surface area (Å²) in [5.74, 6) is 0. The van der Waals surface area contributed by atoms with Gasteiger partial charge in [0, 0.05) is 16.1 Å². The molecule has 112 valence electrons. The molecule has 6 heteroatoms. The molecule has 21 heavy (non-hydrogen) atoms. The van der Waals surface area contributed by atoms with Gasteiger partial charge < -0.3 is 5.73 Å². The first-order valence-electron chi connectivity index (χ1n) is 6.14. The smallest absolute Gasteiger partial charge is 0.324 e. The fourth-order valence-electron chi connectivity index (χ4n) is 1.97. The van der Waals surface area contributed by atoms with Crippen LogP contribution in [-0.4, -0.2) is 0 Å². The molecule has 0 amide bonds. The molecule has 0 radical (unpaired) electrons. The van der Waals surface area contributed by atoms with E-state index in [0.29, 0.717) is 22.0 Å². The van der Waals surface area contributed by atoms with Crippen molar-refractivity contribution in [2.24, 2.45) is 5.73 Å². The van der Waals surface area contributed by atoms with Gasteiger partial charge in [0.25, 0.3) is 0 Å². The molecule has 2 aromatic rings. The fraction of sp³-hybridized carbons (Fsp3) is 0.200. The van der Waals surface area contributed by atoms with Crippen LogP contribution in [0, 0.1) is 0 Å². The molecule has 0 aromatic heterocycles. The SMILES string of the molecule is NC(Cc1cc(Cl)ccc1Cl)c1ccc(C(F)(F)F)cc1. The number of benzene rings is 2. The van der Waals surface area contributed by atoms with E-state index < -0.39 is 17.8 Å². The maximum absolute atomic E-state index is 12.5. The van der Waals surface area contributed by atoms with Crippen molar-refractivity contribution in [3.8, 4) is 0 Å². The number of nitrogens with two attached hydrogens (primary N) is 1. The lowest BCUT2D eigenvalue weighted by atomic mass is 9.98. The quantitative estimate of drug-likeness (QED) is 0.815. The topological polar surface area (TPSA) is 26.0 Å². The van der Waals surface area contributed by atoms with Gasteiger partial charge in [-0.2, -0.15) is 13.2 Å². The molecule has 1 nitrogen and oxygen atoms in total. The molecule has 0 spiro atoms. The lowest BCUT2D eigenvalue weighted by molar-refractivity contribution is -0.137. The number of alkyl halides is 3. The predicted octanol–water partition coefficient (Wildman–Crippen LogP) is 5.25. The molecule has 0 saturated heterocycles. The van der Waals surface area contributed by atoms with Gasteiger partial charge in [-0.1, -0.05) is 35.3 Å².